The van der Waals surface area contributed by atoms with E-state index >= 15 is 0 Å². The summed E-state index contributed by atoms with van der Waals surface area (Å²) in [6.45, 7) is 4.98. The quantitative estimate of drug-likeness (QED) is 0.635. The van der Waals surface area contributed by atoms with Crippen molar-refractivity contribution in [3.05, 3.63) is 57.9 Å². The number of hydrogen-bond donors (Lipinski definition) is 2. The van der Waals surface area contributed by atoms with Crippen molar-refractivity contribution in [2.24, 2.45) is 0 Å². The van der Waals surface area contributed by atoms with Gasteiger partial charge in [0.15, 0.2) is 0 Å². The normalized spacial score (nSPS) is 12.4. The van der Waals surface area contributed by atoms with Gasteiger partial charge in [0.05, 0.1) is 0 Å². The molecule has 1 amide bonds. The van der Waals surface area contributed by atoms with Crippen LogP contribution in [0, 0.1) is 0 Å². The Morgan fingerprint density at radius 3 is 2.83 bits per heavy atom. The molecule has 3 aromatic rings. The molecule has 0 spiro atoms. The predicted octanol–water partition coefficient (Wildman–Crippen LogP) is 4.84. The van der Waals surface area contributed by atoms with Crippen LogP contribution in [0.2, 0.25) is 0 Å². The largest absolute Gasteiger partial charge is 0.361 e. The zero-order chi connectivity index (χ0) is 16.9. The molecule has 24 heavy (non-hydrogen) atoms. The van der Waals surface area contributed by atoms with Gasteiger partial charge in [-0.3, -0.25) is 4.79 Å². The monoisotopic (exact) mass is 340 g/mol. The Balaban J connectivity index is 1.98. The Hall–Kier alpha value is -2.07. The Morgan fingerprint density at radius 2 is 2.12 bits per heavy atom. The van der Waals surface area contributed by atoms with Crippen molar-refractivity contribution in [3.8, 4) is 0 Å². The molecule has 0 aliphatic carbocycles. The van der Waals surface area contributed by atoms with Crippen molar-refractivity contribution >= 4 is 28.1 Å². The highest BCUT2D eigenvalue weighted by molar-refractivity contribution is 7.10. The number of aryl methyl sites for hydroxylation is 1. The molecule has 3 rings (SSSR count). The van der Waals surface area contributed by atoms with Gasteiger partial charge in [0, 0.05) is 40.9 Å². The number of nitrogens with one attached hydrogen (secondary N) is 2. The fraction of sp³-hybridized carbons (Fsp3) is 0.350. The second-order valence-corrected chi connectivity index (χ2v) is 7.04. The lowest BCUT2D eigenvalue weighted by Gasteiger charge is -2.15. The molecule has 0 saturated carbocycles. The number of aromatic nitrogens is 1. The number of H-pyrrole nitrogens is 1. The first-order valence-corrected chi connectivity index (χ1v) is 9.51. The van der Waals surface area contributed by atoms with E-state index in [-0.39, 0.29) is 11.8 Å². The van der Waals surface area contributed by atoms with Gasteiger partial charge in [-0.2, -0.15) is 0 Å². The van der Waals surface area contributed by atoms with E-state index in [9.17, 15) is 4.79 Å². The van der Waals surface area contributed by atoms with Crippen molar-refractivity contribution in [1.29, 1.82) is 0 Å². The van der Waals surface area contributed by atoms with Crippen LogP contribution >= 0.6 is 11.3 Å². The minimum atomic E-state index is 0.0997. The molecule has 0 aliphatic rings. The number of para-hydroxylation sites is 1. The fourth-order valence-corrected chi connectivity index (χ4v) is 4.04. The highest BCUT2D eigenvalue weighted by atomic mass is 32.1. The lowest BCUT2D eigenvalue weighted by molar-refractivity contribution is -0.121. The van der Waals surface area contributed by atoms with Crippen LogP contribution in [0.15, 0.2) is 41.9 Å². The summed E-state index contributed by atoms with van der Waals surface area (Å²) in [5.41, 5.74) is 3.74. The van der Waals surface area contributed by atoms with Crippen molar-refractivity contribution in [3.63, 3.8) is 0 Å². The summed E-state index contributed by atoms with van der Waals surface area (Å²) in [7, 11) is 0. The number of aromatic amines is 1. The number of carbonyl (C=O) groups is 1. The molecular weight excluding hydrogens is 316 g/mol. The second kappa shape index (κ2) is 7.67. The third-order valence-electron chi connectivity index (χ3n) is 4.44. The summed E-state index contributed by atoms with van der Waals surface area (Å²) in [4.78, 5) is 17.0. The van der Waals surface area contributed by atoms with E-state index in [1.807, 2.05) is 0 Å². The van der Waals surface area contributed by atoms with Gasteiger partial charge in [-0.15, -0.1) is 11.3 Å². The number of fused-ring (bicyclic) bond motifs is 1. The smallest absolute Gasteiger partial charge is 0.220 e. The van der Waals surface area contributed by atoms with Crippen molar-refractivity contribution in [2.75, 3.05) is 6.54 Å². The van der Waals surface area contributed by atoms with Crippen LogP contribution in [0.3, 0.4) is 0 Å². The minimum absolute atomic E-state index is 0.0997. The average molecular weight is 340 g/mol. The molecule has 4 heteroatoms. The van der Waals surface area contributed by atoms with Gasteiger partial charge < -0.3 is 10.3 Å². The number of hydrogen-bond acceptors (Lipinski definition) is 2. The molecule has 2 heterocycles. The summed E-state index contributed by atoms with van der Waals surface area (Å²) < 4.78 is 0. The average Bonchev–Trinajstić information content (AvgIpc) is 3.27. The van der Waals surface area contributed by atoms with Gasteiger partial charge in [-0.1, -0.05) is 38.1 Å². The maximum absolute atomic E-state index is 12.3. The Morgan fingerprint density at radius 1 is 1.25 bits per heavy atom. The molecule has 0 bridgehead atoms. The maximum Gasteiger partial charge on any atom is 0.220 e. The third-order valence-corrected chi connectivity index (χ3v) is 5.42. The van der Waals surface area contributed by atoms with E-state index in [4.69, 9.17) is 0 Å². The maximum atomic E-state index is 12.3. The van der Waals surface area contributed by atoms with Gasteiger partial charge in [0.1, 0.15) is 0 Å². The number of rotatable bonds is 7. The Kier molecular flexibility index (Phi) is 5.36. The highest BCUT2D eigenvalue weighted by Gasteiger charge is 2.22. The molecule has 126 valence electrons. The Bertz CT molecular complexity index is 804. The van der Waals surface area contributed by atoms with Crippen LogP contribution in [-0.2, 0) is 11.2 Å². The first-order valence-electron chi connectivity index (χ1n) is 8.63. The number of carbonyl (C=O) groups excluding carboxylic acids is 1. The molecule has 0 radical (unpaired) electrons. The summed E-state index contributed by atoms with van der Waals surface area (Å²) in [5, 5.41) is 6.33. The van der Waals surface area contributed by atoms with Gasteiger partial charge in [0.2, 0.25) is 5.91 Å². The van der Waals surface area contributed by atoms with Gasteiger partial charge in [0.25, 0.3) is 0 Å². The van der Waals surface area contributed by atoms with E-state index in [0.717, 1.165) is 19.4 Å². The highest BCUT2D eigenvalue weighted by Crippen LogP contribution is 2.36. The van der Waals surface area contributed by atoms with Crippen LogP contribution in [0.25, 0.3) is 10.9 Å². The third kappa shape index (κ3) is 3.39. The van der Waals surface area contributed by atoms with Gasteiger partial charge >= 0.3 is 0 Å². The topological polar surface area (TPSA) is 44.9 Å². The van der Waals surface area contributed by atoms with E-state index < -0.39 is 0 Å². The first kappa shape index (κ1) is 16.8. The summed E-state index contributed by atoms with van der Waals surface area (Å²) >= 11 is 1.72. The minimum Gasteiger partial charge on any atom is -0.361 e. The molecule has 1 atom stereocenters. The zero-order valence-corrected chi connectivity index (χ0v) is 15.1. The summed E-state index contributed by atoms with van der Waals surface area (Å²) in [6, 6.07) is 10.6. The molecular formula is C20H24N2OS. The molecule has 1 unspecified atom stereocenters. The summed E-state index contributed by atoms with van der Waals surface area (Å²) in [5.74, 6) is 0.221. The number of thiophene rings is 1. The molecule has 2 aromatic heterocycles. The lowest BCUT2D eigenvalue weighted by atomic mass is 9.92. The van der Waals surface area contributed by atoms with E-state index in [1.165, 1.54) is 26.9 Å². The SMILES string of the molecule is CCCNC(=O)CC(c1cccs1)c1c[nH]c2c(CC)cccc12. The predicted molar refractivity (Wildman–Crippen MR) is 102 cm³/mol. The van der Waals surface area contributed by atoms with Crippen LogP contribution < -0.4 is 5.32 Å². The molecule has 3 nitrogen and oxygen atoms in total. The van der Waals surface area contributed by atoms with E-state index in [0.29, 0.717) is 6.42 Å². The molecule has 0 fully saturated rings. The molecule has 0 saturated heterocycles. The van der Waals surface area contributed by atoms with E-state index in [1.54, 1.807) is 11.3 Å². The van der Waals surface area contributed by atoms with Crippen LogP contribution in [0.4, 0.5) is 0 Å². The van der Waals surface area contributed by atoms with Crippen LogP contribution in [0.5, 0.6) is 0 Å². The van der Waals surface area contributed by atoms with Gasteiger partial charge in [-0.25, -0.2) is 0 Å². The first-order chi connectivity index (χ1) is 11.7. The molecule has 2 N–H and O–H groups in total. The second-order valence-electron chi connectivity index (χ2n) is 6.06. The zero-order valence-electron chi connectivity index (χ0n) is 14.3. The Labute approximate surface area is 147 Å². The number of benzene rings is 1. The van der Waals surface area contributed by atoms with Crippen LogP contribution in [0.1, 0.15) is 48.6 Å². The molecule has 0 aliphatic heterocycles. The summed E-state index contributed by atoms with van der Waals surface area (Å²) in [6.07, 6.45) is 4.53. The standard InChI is InChI=1S/C20H24N2OS/c1-3-10-21-19(23)12-16(18-9-6-11-24-18)17-13-22-20-14(4-2)7-5-8-15(17)20/h5-9,11,13,16,22H,3-4,10,12H2,1-2H3,(H,21,23). The van der Waals surface area contributed by atoms with Gasteiger partial charge in [-0.05, 0) is 35.4 Å². The van der Waals surface area contributed by atoms with Crippen molar-refractivity contribution in [2.45, 2.75) is 39.0 Å². The van der Waals surface area contributed by atoms with Crippen LogP contribution in [-0.4, -0.2) is 17.4 Å². The van der Waals surface area contributed by atoms with E-state index in [2.05, 4.69) is 66.1 Å². The number of amides is 1. The van der Waals surface area contributed by atoms with Crippen molar-refractivity contribution in [1.82, 2.24) is 10.3 Å². The fourth-order valence-electron chi connectivity index (χ4n) is 3.20. The molecule has 1 aromatic carbocycles. The van der Waals surface area contributed by atoms with Crippen molar-refractivity contribution < 1.29 is 4.79 Å². The lowest BCUT2D eigenvalue weighted by Crippen LogP contribution is -2.25.